The average Bonchev–Trinajstić information content (AvgIpc) is 2.77. The molecule has 0 amide bonds. The number of ether oxygens (including phenoxy) is 1. The van der Waals surface area contributed by atoms with E-state index in [4.69, 9.17) is 9.15 Å². The number of alkyl halides is 3. The number of aromatic nitrogens is 2. The Hall–Kier alpha value is -1.89. The first kappa shape index (κ1) is 12.6. The highest BCUT2D eigenvalue weighted by molar-refractivity contribution is 5.53. The van der Waals surface area contributed by atoms with Crippen LogP contribution in [0.1, 0.15) is 11.5 Å². The third-order valence-corrected chi connectivity index (χ3v) is 2.19. The summed E-state index contributed by atoms with van der Waals surface area (Å²) in [4.78, 5) is 0. The smallest absolute Gasteiger partial charge is 0.416 e. The van der Waals surface area contributed by atoms with Crippen LogP contribution in [0.4, 0.5) is 13.2 Å². The first-order valence-electron chi connectivity index (χ1n) is 4.99. The molecule has 0 N–H and O–H groups in total. The second kappa shape index (κ2) is 4.77. The SMILES string of the molecule is COCc1nnc(-c2ccc(C(F)(F)F)cc2)o1. The lowest BCUT2D eigenvalue weighted by Crippen LogP contribution is -2.03. The lowest BCUT2D eigenvalue weighted by atomic mass is 10.1. The van der Waals surface area contributed by atoms with E-state index in [1.807, 2.05) is 0 Å². The first-order valence-corrected chi connectivity index (χ1v) is 4.99. The van der Waals surface area contributed by atoms with Crippen molar-refractivity contribution in [2.45, 2.75) is 12.8 Å². The van der Waals surface area contributed by atoms with Crippen LogP contribution >= 0.6 is 0 Å². The van der Waals surface area contributed by atoms with Crippen LogP contribution in [0.25, 0.3) is 11.5 Å². The largest absolute Gasteiger partial charge is 0.418 e. The van der Waals surface area contributed by atoms with Crippen molar-refractivity contribution < 1.29 is 22.3 Å². The zero-order valence-electron chi connectivity index (χ0n) is 9.36. The van der Waals surface area contributed by atoms with Crippen LogP contribution in [0.3, 0.4) is 0 Å². The van der Waals surface area contributed by atoms with Crippen LogP contribution in [0.2, 0.25) is 0 Å². The zero-order valence-corrected chi connectivity index (χ0v) is 9.36. The number of hydrogen-bond acceptors (Lipinski definition) is 4. The molecule has 0 atom stereocenters. The van der Waals surface area contributed by atoms with Crippen molar-refractivity contribution in [1.29, 1.82) is 0 Å². The fourth-order valence-corrected chi connectivity index (χ4v) is 1.35. The molecule has 4 nitrogen and oxygen atoms in total. The van der Waals surface area contributed by atoms with Crippen molar-refractivity contribution in [3.05, 3.63) is 35.7 Å². The van der Waals surface area contributed by atoms with Crippen molar-refractivity contribution in [3.63, 3.8) is 0 Å². The summed E-state index contributed by atoms with van der Waals surface area (Å²) in [5.74, 6) is 0.433. The molecular formula is C11H9F3N2O2. The first-order chi connectivity index (χ1) is 8.50. The minimum absolute atomic E-state index is 0.160. The molecule has 96 valence electrons. The maximum absolute atomic E-state index is 12.4. The van der Waals surface area contributed by atoms with Gasteiger partial charge in [-0.3, -0.25) is 0 Å². The van der Waals surface area contributed by atoms with Gasteiger partial charge in [0.2, 0.25) is 11.8 Å². The van der Waals surface area contributed by atoms with Gasteiger partial charge in [0, 0.05) is 12.7 Å². The summed E-state index contributed by atoms with van der Waals surface area (Å²) in [5.41, 5.74) is -0.291. The Morgan fingerprint density at radius 1 is 1.17 bits per heavy atom. The molecule has 0 unspecified atom stereocenters. The maximum Gasteiger partial charge on any atom is 0.416 e. The van der Waals surface area contributed by atoms with Gasteiger partial charge >= 0.3 is 6.18 Å². The molecule has 0 aliphatic carbocycles. The molecule has 0 spiro atoms. The van der Waals surface area contributed by atoms with E-state index in [2.05, 4.69) is 10.2 Å². The van der Waals surface area contributed by atoms with E-state index in [-0.39, 0.29) is 18.4 Å². The average molecular weight is 258 g/mol. The summed E-state index contributed by atoms with van der Waals surface area (Å²) in [6, 6.07) is 4.50. The van der Waals surface area contributed by atoms with E-state index in [9.17, 15) is 13.2 Å². The lowest BCUT2D eigenvalue weighted by Gasteiger charge is -2.05. The number of methoxy groups -OCH3 is 1. The number of rotatable bonds is 3. The van der Waals surface area contributed by atoms with Gasteiger partial charge < -0.3 is 9.15 Å². The highest BCUT2D eigenvalue weighted by atomic mass is 19.4. The second-order valence-corrected chi connectivity index (χ2v) is 3.51. The van der Waals surface area contributed by atoms with Gasteiger partial charge in [0.15, 0.2) is 0 Å². The van der Waals surface area contributed by atoms with Crippen molar-refractivity contribution in [2.75, 3.05) is 7.11 Å². The molecule has 0 aliphatic heterocycles. The number of benzene rings is 1. The quantitative estimate of drug-likeness (QED) is 0.849. The summed E-state index contributed by atoms with van der Waals surface area (Å²) >= 11 is 0. The minimum atomic E-state index is -4.35. The number of halogens is 3. The van der Waals surface area contributed by atoms with Crippen LogP contribution in [0, 0.1) is 0 Å². The van der Waals surface area contributed by atoms with Gasteiger partial charge in [-0.1, -0.05) is 0 Å². The molecule has 0 saturated heterocycles. The van der Waals surface area contributed by atoms with E-state index in [1.165, 1.54) is 19.2 Å². The van der Waals surface area contributed by atoms with Crippen LogP contribution in [0.5, 0.6) is 0 Å². The molecule has 0 aliphatic rings. The monoisotopic (exact) mass is 258 g/mol. The summed E-state index contributed by atoms with van der Waals surface area (Å²) in [7, 11) is 1.47. The van der Waals surface area contributed by atoms with Gasteiger partial charge in [-0.25, -0.2) is 0 Å². The Balaban J connectivity index is 2.23. The molecule has 0 fully saturated rings. The molecule has 0 bridgehead atoms. The van der Waals surface area contributed by atoms with Crippen LogP contribution in [0.15, 0.2) is 28.7 Å². The summed E-state index contributed by atoms with van der Waals surface area (Å²) < 4.78 is 47.1. The lowest BCUT2D eigenvalue weighted by molar-refractivity contribution is -0.137. The number of hydrogen-bond donors (Lipinski definition) is 0. The van der Waals surface area contributed by atoms with E-state index in [0.29, 0.717) is 5.56 Å². The van der Waals surface area contributed by atoms with E-state index >= 15 is 0 Å². The van der Waals surface area contributed by atoms with Gasteiger partial charge in [0.05, 0.1) is 5.56 Å². The standard InChI is InChI=1S/C11H9F3N2O2/c1-17-6-9-15-16-10(18-9)7-2-4-8(5-3-7)11(12,13)14/h2-5H,6H2,1H3. The maximum atomic E-state index is 12.4. The van der Waals surface area contributed by atoms with Crippen molar-refractivity contribution in [1.82, 2.24) is 10.2 Å². The van der Waals surface area contributed by atoms with E-state index in [0.717, 1.165) is 12.1 Å². The van der Waals surface area contributed by atoms with E-state index < -0.39 is 11.7 Å². The predicted molar refractivity (Wildman–Crippen MR) is 55.4 cm³/mol. The predicted octanol–water partition coefficient (Wildman–Crippen LogP) is 2.90. The van der Waals surface area contributed by atoms with Gasteiger partial charge in [0.25, 0.3) is 0 Å². The molecule has 2 aromatic rings. The topological polar surface area (TPSA) is 48.2 Å². The van der Waals surface area contributed by atoms with Crippen LogP contribution in [-0.4, -0.2) is 17.3 Å². The summed E-state index contributed by atoms with van der Waals surface area (Å²) in [6.07, 6.45) is -4.35. The van der Waals surface area contributed by atoms with Gasteiger partial charge in [-0.15, -0.1) is 10.2 Å². The fraction of sp³-hybridized carbons (Fsp3) is 0.273. The highest BCUT2D eigenvalue weighted by Gasteiger charge is 2.30. The Bertz CT molecular complexity index is 520. The Morgan fingerprint density at radius 3 is 2.39 bits per heavy atom. The fourth-order valence-electron chi connectivity index (χ4n) is 1.35. The van der Waals surface area contributed by atoms with Crippen molar-refractivity contribution in [3.8, 4) is 11.5 Å². The zero-order chi connectivity index (χ0) is 13.2. The van der Waals surface area contributed by atoms with Crippen LogP contribution in [-0.2, 0) is 17.5 Å². The highest BCUT2D eigenvalue weighted by Crippen LogP contribution is 2.30. The molecule has 0 saturated carbocycles. The van der Waals surface area contributed by atoms with Gasteiger partial charge in [-0.2, -0.15) is 13.2 Å². The number of nitrogens with zero attached hydrogens (tertiary/aromatic N) is 2. The Kier molecular flexibility index (Phi) is 3.33. The summed E-state index contributed by atoms with van der Waals surface area (Å²) in [5, 5.41) is 7.41. The third kappa shape index (κ3) is 2.67. The molecule has 2 rings (SSSR count). The molecule has 18 heavy (non-hydrogen) atoms. The molecule has 1 heterocycles. The third-order valence-electron chi connectivity index (χ3n) is 2.19. The molecule has 1 aromatic carbocycles. The second-order valence-electron chi connectivity index (χ2n) is 3.51. The Morgan fingerprint density at radius 2 is 1.83 bits per heavy atom. The van der Waals surface area contributed by atoms with Gasteiger partial charge in [-0.05, 0) is 24.3 Å². The molecule has 1 aromatic heterocycles. The van der Waals surface area contributed by atoms with Crippen molar-refractivity contribution >= 4 is 0 Å². The van der Waals surface area contributed by atoms with Crippen molar-refractivity contribution in [2.24, 2.45) is 0 Å². The Labute approximate surface area is 100 Å². The molecular weight excluding hydrogens is 249 g/mol. The summed E-state index contributed by atoms with van der Waals surface area (Å²) in [6.45, 7) is 0.160. The van der Waals surface area contributed by atoms with Gasteiger partial charge in [0.1, 0.15) is 6.61 Å². The van der Waals surface area contributed by atoms with E-state index in [1.54, 1.807) is 0 Å². The van der Waals surface area contributed by atoms with Crippen LogP contribution < -0.4 is 0 Å². The molecule has 7 heteroatoms. The minimum Gasteiger partial charge on any atom is -0.418 e. The normalized spacial score (nSPS) is 11.8. The molecule has 0 radical (unpaired) electrons.